The van der Waals surface area contributed by atoms with Crippen LogP contribution in [-0.4, -0.2) is 21.8 Å². The molecule has 0 bridgehead atoms. The van der Waals surface area contributed by atoms with Crippen molar-refractivity contribution in [2.24, 2.45) is 0 Å². The van der Waals surface area contributed by atoms with Gasteiger partial charge in [0.1, 0.15) is 5.69 Å². The van der Waals surface area contributed by atoms with E-state index in [0.717, 1.165) is 34.1 Å². The van der Waals surface area contributed by atoms with Crippen molar-refractivity contribution < 1.29 is 9.47 Å². The van der Waals surface area contributed by atoms with Gasteiger partial charge in [-0.3, -0.25) is 0 Å². The first-order chi connectivity index (χ1) is 10.3. The molecular formula is C15H12N4O2. The van der Waals surface area contributed by atoms with E-state index >= 15 is 0 Å². The summed E-state index contributed by atoms with van der Waals surface area (Å²) in [7, 11) is 0. The Labute approximate surface area is 120 Å². The van der Waals surface area contributed by atoms with Gasteiger partial charge < -0.3 is 15.2 Å². The second-order valence-electron chi connectivity index (χ2n) is 4.71. The average molecular weight is 280 g/mol. The van der Waals surface area contributed by atoms with Crippen LogP contribution in [0, 0.1) is 0 Å². The van der Waals surface area contributed by atoms with Crippen LogP contribution in [0.15, 0.2) is 48.7 Å². The summed E-state index contributed by atoms with van der Waals surface area (Å²) in [6.07, 6.45) is 1.86. The van der Waals surface area contributed by atoms with E-state index in [9.17, 15) is 0 Å². The zero-order valence-corrected chi connectivity index (χ0v) is 11.1. The maximum Gasteiger partial charge on any atom is 0.231 e. The molecule has 3 aromatic rings. The fraction of sp³-hybridized carbons (Fsp3) is 0.0667. The number of nitrogen functional groups attached to an aromatic ring is 1. The highest BCUT2D eigenvalue weighted by Gasteiger charge is 2.15. The Bertz CT molecular complexity index is 796. The van der Waals surface area contributed by atoms with E-state index in [4.69, 9.17) is 15.2 Å². The van der Waals surface area contributed by atoms with Crippen LogP contribution in [0.1, 0.15) is 0 Å². The summed E-state index contributed by atoms with van der Waals surface area (Å²) in [5.74, 6) is 1.49. The van der Waals surface area contributed by atoms with Gasteiger partial charge in [-0.1, -0.05) is 5.21 Å². The van der Waals surface area contributed by atoms with Crippen LogP contribution in [0.3, 0.4) is 0 Å². The van der Waals surface area contributed by atoms with Crippen molar-refractivity contribution in [3.8, 4) is 28.4 Å². The monoisotopic (exact) mass is 280 g/mol. The van der Waals surface area contributed by atoms with Gasteiger partial charge in [0.2, 0.25) is 6.79 Å². The quantitative estimate of drug-likeness (QED) is 0.729. The molecule has 0 radical (unpaired) electrons. The van der Waals surface area contributed by atoms with E-state index < -0.39 is 0 Å². The van der Waals surface area contributed by atoms with Gasteiger partial charge in [-0.25, -0.2) is 4.68 Å². The van der Waals surface area contributed by atoms with E-state index in [1.54, 1.807) is 4.68 Å². The molecule has 6 nitrogen and oxygen atoms in total. The molecule has 1 aliphatic heterocycles. The van der Waals surface area contributed by atoms with Crippen molar-refractivity contribution in [3.63, 3.8) is 0 Å². The predicted octanol–water partition coefficient (Wildman–Crippen LogP) is 2.25. The standard InChI is InChI=1S/C15H12N4O2/c16-11-2-4-12(5-3-11)19-8-13(17-18-19)10-1-6-14-15(7-10)21-9-20-14/h1-8H,9,16H2. The molecule has 0 atom stereocenters. The van der Waals surface area contributed by atoms with E-state index in [1.807, 2.05) is 48.7 Å². The molecule has 1 aliphatic rings. The van der Waals surface area contributed by atoms with E-state index in [1.165, 1.54) is 0 Å². The van der Waals surface area contributed by atoms with Gasteiger partial charge in [-0.15, -0.1) is 5.10 Å². The molecule has 0 saturated heterocycles. The lowest BCUT2D eigenvalue weighted by Gasteiger charge is -2.00. The molecule has 0 spiro atoms. The third kappa shape index (κ3) is 2.06. The molecule has 104 valence electrons. The summed E-state index contributed by atoms with van der Waals surface area (Å²) in [5, 5.41) is 8.34. The van der Waals surface area contributed by atoms with Gasteiger partial charge in [0.05, 0.1) is 11.9 Å². The second-order valence-corrected chi connectivity index (χ2v) is 4.71. The minimum atomic E-state index is 0.261. The largest absolute Gasteiger partial charge is 0.454 e. The average Bonchev–Trinajstić information content (AvgIpc) is 3.16. The normalized spacial score (nSPS) is 12.6. The fourth-order valence-corrected chi connectivity index (χ4v) is 2.21. The lowest BCUT2D eigenvalue weighted by Crippen LogP contribution is -1.95. The molecule has 1 aromatic heterocycles. The number of nitrogens with two attached hydrogens (primary N) is 1. The molecule has 4 rings (SSSR count). The van der Waals surface area contributed by atoms with Crippen molar-refractivity contribution in [1.82, 2.24) is 15.0 Å². The maximum atomic E-state index is 5.68. The third-order valence-electron chi connectivity index (χ3n) is 3.32. The Morgan fingerprint density at radius 3 is 2.67 bits per heavy atom. The van der Waals surface area contributed by atoms with Crippen molar-refractivity contribution in [1.29, 1.82) is 0 Å². The van der Waals surface area contributed by atoms with Crippen molar-refractivity contribution in [2.75, 3.05) is 12.5 Å². The zero-order valence-electron chi connectivity index (χ0n) is 11.1. The molecule has 0 unspecified atom stereocenters. The number of fused-ring (bicyclic) bond motifs is 1. The van der Waals surface area contributed by atoms with E-state index in [0.29, 0.717) is 0 Å². The Morgan fingerprint density at radius 1 is 1.00 bits per heavy atom. The third-order valence-corrected chi connectivity index (χ3v) is 3.32. The molecule has 0 fully saturated rings. The molecule has 0 amide bonds. The Hall–Kier alpha value is -3.02. The molecular weight excluding hydrogens is 268 g/mol. The van der Waals surface area contributed by atoms with Crippen molar-refractivity contribution in [2.45, 2.75) is 0 Å². The number of rotatable bonds is 2. The van der Waals surface area contributed by atoms with Crippen LogP contribution in [0.4, 0.5) is 5.69 Å². The highest BCUT2D eigenvalue weighted by Crippen LogP contribution is 2.35. The van der Waals surface area contributed by atoms with Gasteiger partial charge >= 0.3 is 0 Å². The van der Waals surface area contributed by atoms with Crippen LogP contribution >= 0.6 is 0 Å². The molecule has 2 heterocycles. The number of ether oxygens (including phenoxy) is 2. The lowest BCUT2D eigenvalue weighted by atomic mass is 10.1. The minimum Gasteiger partial charge on any atom is -0.454 e. The predicted molar refractivity (Wildman–Crippen MR) is 77.3 cm³/mol. The van der Waals surface area contributed by atoms with Gasteiger partial charge in [0.15, 0.2) is 11.5 Å². The number of benzene rings is 2. The highest BCUT2D eigenvalue weighted by molar-refractivity contribution is 5.64. The smallest absolute Gasteiger partial charge is 0.231 e. The topological polar surface area (TPSA) is 75.2 Å². The van der Waals surface area contributed by atoms with Crippen molar-refractivity contribution in [3.05, 3.63) is 48.7 Å². The molecule has 6 heteroatoms. The maximum absolute atomic E-state index is 5.68. The Balaban J connectivity index is 1.69. The fourth-order valence-electron chi connectivity index (χ4n) is 2.21. The molecule has 21 heavy (non-hydrogen) atoms. The molecule has 2 aromatic carbocycles. The summed E-state index contributed by atoms with van der Waals surface area (Å²) >= 11 is 0. The van der Waals surface area contributed by atoms with E-state index in [2.05, 4.69) is 10.3 Å². The van der Waals surface area contributed by atoms with Gasteiger partial charge in [0, 0.05) is 11.3 Å². The van der Waals surface area contributed by atoms with Crippen LogP contribution < -0.4 is 15.2 Å². The van der Waals surface area contributed by atoms with E-state index in [-0.39, 0.29) is 6.79 Å². The Morgan fingerprint density at radius 2 is 1.81 bits per heavy atom. The number of anilines is 1. The zero-order chi connectivity index (χ0) is 14.2. The SMILES string of the molecule is Nc1ccc(-n2cc(-c3ccc4c(c3)OCO4)nn2)cc1. The second kappa shape index (κ2) is 4.52. The summed E-state index contributed by atoms with van der Waals surface area (Å²) in [6, 6.07) is 13.2. The number of aromatic nitrogens is 3. The van der Waals surface area contributed by atoms with Crippen LogP contribution in [0.25, 0.3) is 16.9 Å². The van der Waals surface area contributed by atoms with Crippen LogP contribution in [0.2, 0.25) is 0 Å². The highest BCUT2D eigenvalue weighted by atomic mass is 16.7. The number of hydrogen-bond donors (Lipinski definition) is 1. The lowest BCUT2D eigenvalue weighted by molar-refractivity contribution is 0.174. The molecule has 2 N–H and O–H groups in total. The van der Waals surface area contributed by atoms with Crippen molar-refractivity contribution >= 4 is 5.69 Å². The summed E-state index contributed by atoms with van der Waals surface area (Å²) in [4.78, 5) is 0. The summed E-state index contributed by atoms with van der Waals surface area (Å²) < 4.78 is 12.4. The van der Waals surface area contributed by atoms with Crippen LogP contribution in [-0.2, 0) is 0 Å². The minimum absolute atomic E-state index is 0.261. The van der Waals surface area contributed by atoms with Gasteiger partial charge in [0.25, 0.3) is 0 Å². The van der Waals surface area contributed by atoms with Gasteiger partial charge in [-0.05, 0) is 42.5 Å². The summed E-state index contributed by atoms with van der Waals surface area (Å²) in [6.45, 7) is 0.261. The first-order valence-electron chi connectivity index (χ1n) is 6.48. The molecule has 0 saturated carbocycles. The van der Waals surface area contributed by atoms with Gasteiger partial charge in [-0.2, -0.15) is 0 Å². The number of hydrogen-bond acceptors (Lipinski definition) is 5. The summed E-state index contributed by atoms with van der Waals surface area (Å²) in [5.41, 5.74) is 9.01. The first-order valence-corrected chi connectivity index (χ1v) is 6.48. The number of nitrogens with zero attached hydrogens (tertiary/aromatic N) is 3. The Kier molecular flexibility index (Phi) is 2.53. The first kappa shape index (κ1) is 11.8. The van der Waals surface area contributed by atoms with Crippen LogP contribution in [0.5, 0.6) is 11.5 Å². The molecule has 0 aliphatic carbocycles.